The molecule has 1 amide bonds. The zero-order valence-electron chi connectivity index (χ0n) is 11.3. The molecule has 1 aliphatic rings. The van der Waals surface area contributed by atoms with E-state index in [-0.39, 0.29) is 12.7 Å². The Labute approximate surface area is 121 Å². The maximum absolute atomic E-state index is 13.0. The number of benzene rings is 2. The number of carbonyl (C=O) groups excluding carboxylic acids is 1. The van der Waals surface area contributed by atoms with Gasteiger partial charge in [-0.15, -0.1) is 0 Å². The van der Waals surface area contributed by atoms with Crippen molar-refractivity contribution in [3.8, 4) is 11.5 Å². The van der Waals surface area contributed by atoms with E-state index in [1.807, 2.05) is 18.2 Å². The van der Waals surface area contributed by atoms with Gasteiger partial charge in [-0.25, -0.2) is 4.39 Å². The largest absolute Gasteiger partial charge is 0.454 e. The van der Waals surface area contributed by atoms with Gasteiger partial charge in [0, 0.05) is 12.1 Å². The lowest BCUT2D eigenvalue weighted by Crippen LogP contribution is -2.25. The van der Waals surface area contributed by atoms with Crippen molar-refractivity contribution >= 4 is 5.91 Å². The molecule has 2 aromatic carbocycles. The summed E-state index contributed by atoms with van der Waals surface area (Å²) in [7, 11) is 0. The third-order valence-corrected chi connectivity index (χ3v) is 3.22. The zero-order chi connectivity index (χ0) is 14.7. The fraction of sp³-hybridized carbons (Fsp3) is 0.188. The predicted molar refractivity (Wildman–Crippen MR) is 75.0 cm³/mol. The summed E-state index contributed by atoms with van der Waals surface area (Å²) >= 11 is 0. The summed E-state index contributed by atoms with van der Waals surface area (Å²) in [5.74, 6) is 0.764. The van der Waals surface area contributed by atoms with E-state index in [1.54, 1.807) is 6.07 Å². The molecule has 1 aliphatic heterocycles. The number of nitrogens with one attached hydrogen (secondary N) is 1. The maximum atomic E-state index is 13.0. The Morgan fingerprint density at radius 2 is 2.00 bits per heavy atom. The Morgan fingerprint density at radius 3 is 2.86 bits per heavy atom. The SMILES string of the molecule is O=C(NCCc1ccc2c(c1)OCO2)c1cccc(F)c1. The van der Waals surface area contributed by atoms with Crippen LogP contribution >= 0.6 is 0 Å². The topological polar surface area (TPSA) is 47.6 Å². The number of fused-ring (bicyclic) bond motifs is 1. The van der Waals surface area contributed by atoms with Gasteiger partial charge >= 0.3 is 0 Å². The molecule has 0 saturated heterocycles. The van der Waals surface area contributed by atoms with Gasteiger partial charge in [0.15, 0.2) is 11.5 Å². The first-order valence-corrected chi connectivity index (χ1v) is 6.65. The van der Waals surface area contributed by atoms with Crippen molar-refractivity contribution in [1.29, 1.82) is 0 Å². The first kappa shape index (κ1) is 13.4. The van der Waals surface area contributed by atoms with Gasteiger partial charge in [0.2, 0.25) is 6.79 Å². The molecule has 1 N–H and O–H groups in total. The van der Waals surface area contributed by atoms with Crippen LogP contribution in [0.1, 0.15) is 15.9 Å². The van der Waals surface area contributed by atoms with E-state index in [9.17, 15) is 9.18 Å². The van der Waals surface area contributed by atoms with Crippen LogP contribution in [0.2, 0.25) is 0 Å². The minimum atomic E-state index is -0.418. The molecule has 0 unspecified atom stereocenters. The van der Waals surface area contributed by atoms with Crippen LogP contribution in [0.4, 0.5) is 4.39 Å². The number of halogens is 1. The minimum Gasteiger partial charge on any atom is -0.454 e. The molecule has 0 aromatic heterocycles. The first-order valence-electron chi connectivity index (χ1n) is 6.65. The summed E-state index contributed by atoms with van der Waals surface area (Å²) in [4.78, 5) is 11.9. The highest BCUT2D eigenvalue weighted by atomic mass is 19.1. The van der Waals surface area contributed by atoms with E-state index in [0.29, 0.717) is 18.5 Å². The zero-order valence-corrected chi connectivity index (χ0v) is 11.3. The lowest BCUT2D eigenvalue weighted by Gasteiger charge is -2.06. The Hall–Kier alpha value is -2.56. The normalized spacial score (nSPS) is 12.2. The van der Waals surface area contributed by atoms with E-state index < -0.39 is 5.82 Å². The summed E-state index contributed by atoms with van der Waals surface area (Å²) in [5.41, 5.74) is 1.36. The summed E-state index contributed by atoms with van der Waals surface area (Å²) in [5, 5.41) is 2.76. The number of ether oxygens (including phenoxy) is 2. The van der Waals surface area contributed by atoms with Crippen molar-refractivity contribution in [3.63, 3.8) is 0 Å². The molecule has 0 saturated carbocycles. The van der Waals surface area contributed by atoms with Gasteiger partial charge in [-0.05, 0) is 42.3 Å². The van der Waals surface area contributed by atoms with E-state index in [2.05, 4.69) is 5.32 Å². The van der Waals surface area contributed by atoms with Gasteiger partial charge in [0.05, 0.1) is 0 Å². The molecule has 4 nitrogen and oxygen atoms in total. The Balaban J connectivity index is 1.55. The van der Waals surface area contributed by atoms with Crippen molar-refractivity contribution < 1.29 is 18.7 Å². The summed E-state index contributed by atoms with van der Waals surface area (Å²) in [6, 6.07) is 11.3. The van der Waals surface area contributed by atoms with Crippen LogP contribution in [0.5, 0.6) is 11.5 Å². The first-order chi connectivity index (χ1) is 10.2. The van der Waals surface area contributed by atoms with E-state index in [1.165, 1.54) is 18.2 Å². The third kappa shape index (κ3) is 3.13. The van der Waals surface area contributed by atoms with Gasteiger partial charge in [0.1, 0.15) is 5.82 Å². The molecule has 0 bridgehead atoms. The molecule has 2 aromatic rings. The van der Waals surface area contributed by atoms with Gasteiger partial charge < -0.3 is 14.8 Å². The van der Waals surface area contributed by atoms with Gasteiger partial charge in [-0.1, -0.05) is 12.1 Å². The van der Waals surface area contributed by atoms with Crippen molar-refractivity contribution in [1.82, 2.24) is 5.32 Å². The van der Waals surface area contributed by atoms with E-state index in [4.69, 9.17) is 9.47 Å². The molecule has 5 heteroatoms. The van der Waals surface area contributed by atoms with Gasteiger partial charge in [-0.3, -0.25) is 4.79 Å². The molecule has 108 valence electrons. The number of hydrogen-bond donors (Lipinski definition) is 1. The fourth-order valence-electron chi connectivity index (χ4n) is 2.15. The Kier molecular flexibility index (Phi) is 3.73. The fourth-order valence-corrected chi connectivity index (χ4v) is 2.15. The Morgan fingerprint density at radius 1 is 1.14 bits per heavy atom. The maximum Gasteiger partial charge on any atom is 0.251 e. The molecule has 0 aliphatic carbocycles. The minimum absolute atomic E-state index is 0.245. The van der Waals surface area contributed by atoms with Crippen molar-refractivity contribution in [2.24, 2.45) is 0 Å². The molecule has 21 heavy (non-hydrogen) atoms. The van der Waals surface area contributed by atoms with Gasteiger partial charge in [-0.2, -0.15) is 0 Å². The van der Waals surface area contributed by atoms with Crippen LogP contribution in [-0.4, -0.2) is 19.2 Å². The summed E-state index contributed by atoms with van der Waals surface area (Å²) in [6.07, 6.45) is 0.664. The predicted octanol–water partition coefficient (Wildman–Crippen LogP) is 2.53. The molecule has 0 fully saturated rings. The van der Waals surface area contributed by atoms with E-state index >= 15 is 0 Å². The van der Waals surface area contributed by atoms with Crippen LogP contribution < -0.4 is 14.8 Å². The number of hydrogen-bond acceptors (Lipinski definition) is 3. The van der Waals surface area contributed by atoms with Crippen molar-refractivity contribution in [3.05, 3.63) is 59.4 Å². The average Bonchev–Trinajstić information content (AvgIpc) is 2.94. The molecular weight excluding hydrogens is 273 g/mol. The van der Waals surface area contributed by atoms with Crippen molar-refractivity contribution in [2.75, 3.05) is 13.3 Å². The number of rotatable bonds is 4. The summed E-state index contributed by atoms with van der Waals surface area (Å²) in [6.45, 7) is 0.712. The smallest absolute Gasteiger partial charge is 0.251 e. The van der Waals surface area contributed by atoms with Crippen LogP contribution in [0.25, 0.3) is 0 Å². The molecule has 3 rings (SSSR count). The monoisotopic (exact) mass is 287 g/mol. The molecule has 0 atom stereocenters. The summed E-state index contributed by atoms with van der Waals surface area (Å²) < 4.78 is 23.6. The average molecular weight is 287 g/mol. The molecule has 1 heterocycles. The highest BCUT2D eigenvalue weighted by molar-refractivity contribution is 5.94. The van der Waals surface area contributed by atoms with Gasteiger partial charge in [0.25, 0.3) is 5.91 Å². The second-order valence-electron chi connectivity index (χ2n) is 4.70. The van der Waals surface area contributed by atoms with Crippen LogP contribution in [-0.2, 0) is 6.42 Å². The van der Waals surface area contributed by atoms with Crippen molar-refractivity contribution in [2.45, 2.75) is 6.42 Å². The lowest BCUT2D eigenvalue weighted by atomic mass is 10.1. The van der Waals surface area contributed by atoms with E-state index in [0.717, 1.165) is 17.1 Å². The highest BCUT2D eigenvalue weighted by Crippen LogP contribution is 2.32. The number of carbonyl (C=O) groups is 1. The highest BCUT2D eigenvalue weighted by Gasteiger charge is 2.13. The number of amides is 1. The Bertz CT molecular complexity index is 672. The third-order valence-electron chi connectivity index (χ3n) is 3.22. The molecular formula is C16H14FNO3. The standard InChI is InChI=1S/C16H14FNO3/c17-13-3-1-2-12(9-13)16(19)18-7-6-11-4-5-14-15(8-11)21-10-20-14/h1-5,8-9H,6-7,10H2,(H,18,19). The second-order valence-corrected chi connectivity index (χ2v) is 4.70. The molecule has 0 spiro atoms. The second kappa shape index (κ2) is 5.83. The van der Waals surface area contributed by atoms with Crippen LogP contribution in [0, 0.1) is 5.82 Å². The van der Waals surface area contributed by atoms with Crippen LogP contribution in [0.15, 0.2) is 42.5 Å². The van der Waals surface area contributed by atoms with Crippen LogP contribution in [0.3, 0.4) is 0 Å². The quantitative estimate of drug-likeness (QED) is 0.940. The molecule has 0 radical (unpaired) electrons. The lowest BCUT2D eigenvalue weighted by molar-refractivity contribution is 0.0953.